The number of nitrogens with one attached hydrogen (secondary N) is 1. The normalized spacial score (nSPS) is 10.4. The molecule has 6 heteroatoms. The highest BCUT2D eigenvalue weighted by Gasteiger charge is 1.99. The molecule has 0 saturated heterocycles. The molecule has 0 aliphatic rings. The summed E-state index contributed by atoms with van der Waals surface area (Å²) in [6.45, 7) is 6.31. The first kappa shape index (κ1) is 13.3. The van der Waals surface area contributed by atoms with Gasteiger partial charge < -0.3 is 10.1 Å². The van der Waals surface area contributed by atoms with Crippen molar-refractivity contribution in [3.63, 3.8) is 0 Å². The molecule has 0 radical (unpaired) electrons. The molecule has 2 rings (SSSR count). The topological polar surface area (TPSA) is 64.9 Å². The molecule has 0 atom stereocenters. The van der Waals surface area contributed by atoms with E-state index in [-0.39, 0.29) is 0 Å². The zero-order valence-corrected chi connectivity index (χ0v) is 11.3. The fourth-order valence-electron chi connectivity index (χ4n) is 1.61. The van der Waals surface area contributed by atoms with Gasteiger partial charge in [0, 0.05) is 18.8 Å². The van der Waals surface area contributed by atoms with Crippen LogP contribution >= 0.6 is 0 Å². The fourth-order valence-corrected chi connectivity index (χ4v) is 1.61. The minimum absolute atomic E-state index is 0.606. The molecular formula is C13H19N5O. The van der Waals surface area contributed by atoms with E-state index < -0.39 is 0 Å². The van der Waals surface area contributed by atoms with Gasteiger partial charge in [-0.3, -0.25) is 4.68 Å². The van der Waals surface area contributed by atoms with Crippen molar-refractivity contribution in [2.75, 3.05) is 18.5 Å². The molecule has 0 aliphatic heterocycles. The van der Waals surface area contributed by atoms with Gasteiger partial charge in [-0.1, -0.05) is 6.92 Å². The van der Waals surface area contributed by atoms with E-state index in [0.29, 0.717) is 12.5 Å². The summed E-state index contributed by atoms with van der Waals surface area (Å²) in [6, 6.07) is 1.81. The summed E-state index contributed by atoms with van der Waals surface area (Å²) in [5, 5.41) is 7.45. The maximum absolute atomic E-state index is 5.46. The first-order chi connectivity index (χ1) is 9.28. The molecule has 0 saturated carbocycles. The van der Waals surface area contributed by atoms with E-state index in [0.717, 1.165) is 30.9 Å². The Morgan fingerprint density at radius 1 is 1.37 bits per heavy atom. The van der Waals surface area contributed by atoms with Gasteiger partial charge in [0.2, 0.25) is 5.88 Å². The minimum Gasteiger partial charge on any atom is -0.478 e. The van der Waals surface area contributed by atoms with Crippen LogP contribution < -0.4 is 10.1 Å². The van der Waals surface area contributed by atoms with Gasteiger partial charge in [-0.15, -0.1) is 0 Å². The number of aromatic nitrogens is 4. The van der Waals surface area contributed by atoms with Gasteiger partial charge in [0.25, 0.3) is 0 Å². The number of ether oxygens (including phenoxy) is 1. The van der Waals surface area contributed by atoms with Crippen molar-refractivity contribution < 1.29 is 4.74 Å². The molecule has 0 spiro atoms. The van der Waals surface area contributed by atoms with Crippen LogP contribution in [0.25, 0.3) is 0 Å². The van der Waals surface area contributed by atoms with E-state index in [1.54, 1.807) is 0 Å². The second kappa shape index (κ2) is 6.72. The number of rotatable bonds is 7. The molecule has 2 heterocycles. The van der Waals surface area contributed by atoms with Gasteiger partial charge in [0.15, 0.2) is 0 Å². The van der Waals surface area contributed by atoms with Crippen molar-refractivity contribution in [1.29, 1.82) is 0 Å². The monoisotopic (exact) mass is 261 g/mol. The van der Waals surface area contributed by atoms with Crippen LogP contribution in [0.1, 0.15) is 18.9 Å². The lowest BCUT2D eigenvalue weighted by Gasteiger charge is -2.07. The van der Waals surface area contributed by atoms with Crippen LogP contribution in [0.4, 0.5) is 5.82 Å². The lowest BCUT2D eigenvalue weighted by molar-refractivity contribution is 0.305. The standard InChI is InChI=1S/C13H19N5O/c1-3-6-19-13-7-12(15-10-16-13)14-4-5-18-9-11(2)8-17-18/h7-10H,3-6H2,1-2H3,(H,14,15,16). The highest BCUT2D eigenvalue weighted by Crippen LogP contribution is 2.10. The molecule has 0 aromatic carbocycles. The Balaban J connectivity index is 1.82. The Labute approximate surface area is 112 Å². The summed E-state index contributed by atoms with van der Waals surface area (Å²) >= 11 is 0. The van der Waals surface area contributed by atoms with E-state index >= 15 is 0 Å². The zero-order chi connectivity index (χ0) is 13.5. The van der Waals surface area contributed by atoms with Crippen molar-refractivity contribution >= 4 is 5.82 Å². The summed E-state index contributed by atoms with van der Waals surface area (Å²) in [6.07, 6.45) is 6.33. The van der Waals surface area contributed by atoms with Crippen molar-refractivity contribution in [2.24, 2.45) is 0 Å². The summed E-state index contributed by atoms with van der Waals surface area (Å²) in [5.41, 5.74) is 1.16. The van der Waals surface area contributed by atoms with Gasteiger partial charge in [0.05, 0.1) is 19.3 Å². The van der Waals surface area contributed by atoms with Crippen LogP contribution in [-0.4, -0.2) is 32.9 Å². The first-order valence-corrected chi connectivity index (χ1v) is 6.45. The molecule has 2 aromatic rings. The average molecular weight is 261 g/mol. The van der Waals surface area contributed by atoms with Gasteiger partial charge in [0.1, 0.15) is 12.1 Å². The zero-order valence-electron chi connectivity index (χ0n) is 11.3. The Kier molecular flexibility index (Phi) is 4.72. The number of hydrogen-bond acceptors (Lipinski definition) is 5. The van der Waals surface area contributed by atoms with Crippen molar-refractivity contribution in [3.8, 4) is 5.88 Å². The number of hydrogen-bond donors (Lipinski definition) is 1. The van der Waals surface area contributed by atoms with Gasteiger partial charge >= 0.3 is 0 Å². The van der Waals surface area contributed by atoms with E-state index in [1.165, 1.54) is 6.33 Å². The van der Waals surface area contributed by atoms with E-state index in [9.17, 15) is 0 Å². The van der Waals surface area contributed by atoms with E-state index in [1.807, 2.05) is 30.1 Å². The molecule has 0 aliphatic carbocycles. The minimum atomic E-state index is 0.606. The molecular weight excluding hydrogens is 242 g/mol. The van der Waals surface area contributed by atoms with Crippen LogP contribution in [0.5, 0.6) is 5.88 Å². The Morgan fingerprint density at radius 3 is 3.00 bits per heavy atom. The largest absolute Gasteiger partial charge is 0.478 e. The average Bonchev–Trinajstić information content (AvgIpc) is 2.83. The second-order valence-corrected chi connectivity index (χ2v) is 4.30. The quantitative estimate of drug-likeness (QED) is 0.824. The third kappa shape index (κ3) is 4.24. The third-order valence-electron chi connectivity index (χ3n) is 2.51. The SMILES string of the molecule is CCCOc1cc(NCCn2cc(C)cn2)ncn1. The predicted molar refractivity (Wildman–Crippen MR) is 73.3 cm³/mol. The number of anilines is 1. The molecule has 2 aromatic heterocycles. The molecule has 0 unspecified atom stereocenters. The smallest absolute Gasteiger partial charge is 0.218 e. The van der Waals surface area contributed by atoms with E-state index in [4.69, 9.17) is 4.74 Å². The van der Waals surface area contributed by atoms with Crippen LogP contribution in [0.2, 0.25) is 0 Å². The second-order valence-electron chi connectivity index (χ2n) is 4.30. The molecule has 1 N–H and O–H groups in total. The number of aryl methyl sites for hydroxylation is 1. The van der Waals surface area contributed by atoms with Gasteiger partial charge in [-0.05, 0) is 18.9 Å². The molecule has 0 fully saturated rings. The van der Waals surface area contributed by atoms with E-state index in [2.05, 4.69) is 27.3 Å². The van der Waals surface area contributed by atoms with Crippen LogP contribution in [-0.2, 0) is 6.54 Å². The lowest BCUT2D eigenvalue weighted by atomic mass is 10.4. The van der Waals surface area contributed by atoms with Gasteiger partial charge in [-0.25, -0.2) is 9.97 Å². The third-order valence-corrected chi connectivity index (χ3v) is 2.51. The summed E-state index contributed by atoms with van der Waals surface area (Å²) in [4.78, 5) is 8.21. The van der Waals surface area contributed by atoms with Crippen molar-refractivity contribution in [1.82, 2.24) is 19.7 Å². The van der Waals surface area contributed by atoms with Crippen molar-refractivity contribution in [2.45, 2.75) is 26.8 Å². The van der Waals surface area contributed by atoms with Crippen LogP contribution in [0.15, 0.2) is 24.8 Å². The summed E-state index contributed by atoms with van der Waals surface area (Å²) < 4.78 is 7.36. The summed E-state index contributed by atoms with van der Waals surface area (Å²) in [5.74, 6) is 1.37. The highest BCUT2D eigenvalue weighted by molar-refractivity contribution is 5.36. The molecule has 0 amide bonds. The maximum atomic E-state index is 5.46. The lowest BCUT2D eigenvalue weighted by Crippen LogP contribution is -2.12. The Bertz CT molecular complexity index is 511. The van der Waals surface area contributed by atoms with Gasteiger partial charge in [-0.2, -0.15) is 5.10 Å². The van der Waals surface area contributed by atoms with Crippen molar-refractivity contribution in [3.05, 3.63) is 30.4 Å². The Hall–Kier alpha value is -2.11. The fraction of sp³-hybridized carbons (Fsp3) is 0.462. The highest BCUT2D eigenvalue weighted by atomic mass is 16.5. The van der Waals surface area contributed by atoms with Crippen LogP contribution in [0, 0.1) is 6.92 Å². The summed E-state index contributed by atoms with van der Waals surface area (Å²) in [7, 11) is 0. The molecule has 0 bridgehead atoms. The molecule has 102 valence electrons. The molecule has 19 heavy (non-hydrogen) atoms. The Morgan fingerprint density at radius 2 is 2.26 bits per heavy atom. The predicted octanol–water partition coefficient (Wildman–Crippen LogP) is 1.88. The maximum Gasteiger partial charge on any atom is 0.218 e. The molecule has 6 nitrogen and oxygen atoms in total. The number of nitrogens with zero attached hydrogens (tertiary/aromatic N) is 4. The first-order valence-electron chi connectivity index (χ1n) is 6.45. The van der Waals surface area contributed by atoms with Crippen LogP contribution in [0.3, 0.4) is 0 Å².